The molecule has 0 saturated carbocycles. The van der Waals surface area contributed by atoms with E-state index in [0.29, 0.717) is 0 Å². The van der Waals surface area contributed by atoms with Crippen LogP contribution in [-0.4, -0.2) is 4.98 Å². The van der Waals surface area contributed by atoms with Crippen LogP contribution < -0.4 is 5.56 Å². The summed E-state index contributed by atoms with van der Waals surface area (Å²) in [5, 5.41) is 8.98. The Morgan fingerprint density at radius 2 is 2.15 bits per heavy atom. The molecule has 3 heteroatoms. The molecule has 1 rings (SSSR count). The van der Waals surface area contributed by atoms with Crippen LogP contribution in [0.3, 0.4) is 0 Å². The summed E-state index contributed by atoms with van der Waals surface area (Å²) >= 11 is 0. The number of aromatic nitrogens is 1. The SMILES string of the molecule is C\C=C/C(=C\C=C(/C)CC)c1cc(C#N)c(=O)[nH]c1C. The molecule has 0 fully saturated rings. The van der Waals surface area contributed by atoms with E-state index in [4.69, 9.17) is 5.26 Å². The Labute approximate surface area is 120 Å². The first-order valence-corrected chi connectivity index (χ1v) is 6.68. The van der Waals surface area contributed by atoms with Crippen LogP contribution in [0.2, 0.25) is 0 Å². The van der Waals surface area contributed by atoms with Crippen LogP contribution in [0.15, 0.2) is 40.7 Å². The molecule has 104 valence electrons. The molecule has 3 nitrogen and oxygen atoms in total. The van der Waals surface area contributed by atoms with Crippen molar-refractivity contribution in [3.8, 4) is 6.07 Å². The maximum atomic E-state index is 11.6. The smallest absolute Gasteiger partial charge is 0.266 e. The zero-order valence-electron chi connectivity index (χ0n) is 12.4. The first-order chi connectivity index (χ1) is 9.53. The van der Waals surface area contributed by atoms with Gasteiger partial charge in [0.05, 0.1) is 0 Å². The van der Waals surface area contributed by atoms with Crippen LogP contribution in [0.1, 0.15) is 44.0 Å². The van der Waals surface area contributed by atoms with E-state index in [-0.39, 0.29) is 11.1 Å². The summed E-state index contributed by atoms with van der Waals surface area (Å²) in [6.45, 7) is 7.96. The third-order valence-electron chi connectivity index (χ3n) is 3.12. The number of allylic oxidation sites excluding steroid dienone is 6. The Morgan fingerprint density at radius 1 is 1.45 bits per heavy atom. The number of hydrogen-bond donors (Lipinski definition) is 1. The molecule has 0 atom stereocenters. The summed E-state index contributed by atoms with van der Waals surface area (Å²) in [4.78, 5) is 14.3. The average molecular weight is 268 g/mol. The van der Waals surface area contributed by atoms with Gasteiger partial charge >= 0.3 is 0 Å². The van der Waals surface area contributed by atoms with E-state index in [1.165, 1.54) is 5.57 Å². The molecular weight excluding hydrogens is 248 g/mol. The maximum absolute atomic E-state index is 11.6. The molecule has 1 N–H and O–H groups in total. The van der Waals surface area contributed by atoms with Crippen LogP contribution >= 0.6 is 0 Å². The molecule has 0 aliphatic carbocycles. The number of hydrogen-bond acceptors (Lipinski definition) is 2. The van der Waals surface area contributed by atoms with Gasteiger partial charge in [-0.05, 0) is 38.8 Å². The lowest BCUT2D eigenvalue weighted by Gasteiger charge is -2.07. The van der Waals surface area contributed by atoms with Gasteiger partial charge in [0.1, 0.15) is 11.6 Å². The molecule has 0 aromatic carbocycles. The predicted molar refractivity (Wildman–Crippen MR) is 83.4 cm³/mol. The largest absolute Gasteiger partial charge is 0.325 e. The lowest BCUT2D eigenvalue weighted by Crippen LogP contribution is -2.12. The van der Waals surface area contributed by atoms with E-state index >= 15 is 0 Å². The van der Waals surface area contributed by atoms with Crippen LogP contribution in [0.25, 0.3) is 5.57 Å². The molecule has 0 aliphatic rings. The third-order valence-corrected chi connectivity index (χ3v) is 3.12. The van der Waals surface area contributed by atoms with Crippen molar-refractivity contribution in [1.82, 2.24) is 4.98 Å². The number of aryl methyl sites for hydroxylation is 1. The highest BCUT2D eigenvalue weighted by Crippen LogP contribution is 2.19. The van der Waals surface area contributed by atoms with Crippen molar-refractivity contribution in [1.29, 1.82) is 5.26 Å². The van der Waals surface area contributed by atoms with E-state index in [2.05, 4.69) is 24.9 Å². The minimum absolute atomic E-state index is 0.136. The van der Waals surface area contributed by atoms with Crippen LogP contribution in [-0.2, 0) is 0 Å². The van der Waals surface area contributed by atoms with E-state index in [1.807, 2.05) is 38.1 Å². The fourth-order valence-electron chi connectivity index (χ4n) is 1.77. The van der Waals surface area contributed by atoms with Crippen molar-refractivity contribution < 1.29 is 0 Å². The van der Waals surface area contributed by atoms with E-state index in [1.54, 1.807) is 6.07 Å². The number of aromatic amines is 1. The van der Waals surface area contributed by atoms with Gasteiger partial charge in [-0.3, -0.25) is 4.79 Å². The maximum Gasteiger partial charge on any atom is 0.266 e. The molecule has 0 amide bonds. The lowest BCUT2D eigenvalue weighted by atomic mass is 10.0. The number of rotatable bonds is 4. The van der Waals surface area contributed by atoms with Crippen LogP contribution in [0.4, 0.5) is 0 Å². The van der Waals surface area contributed by atoms with Gasteiger partial charge < -0.3 is 4.98 Å². The number of nitriles is 1. The normalized spacial score (nSPS) is 12.8. The summed E-state index contributed by atoms with van der Waals surface area (Å²) in [7, 11) is 0. The number of nitrogens with zero attached hydrogens (tertiary/aromatic N) is 1. The van der Waals surface area contributed by atoms with E-state index in [9.17, 15) is 4.79 Å². The Bertz CT molecular complexity index is 667. The van der Waals surface area contributed by atoms with E-state index < -0.39 is 0 Å². The van der Waals surface area contributed by atoms with Crippen molar-refractivity contribution in [3.05, 3.63) is 63.1 Å². The molecule has 0 bridgehead atoms. The Kier molecular flexibility index (Phi) is 5.74. The highest BCUT2D eigenvalue weighted by Gasteiger charge is 2.07. The number of pyridine rings is 1. The average Bonchev–Trinajstić information content (AvgIpc) is 2.43. The molecule has 1 heterocycles. The highest BCUT2D eigenvalue weighted by atomic mass is 16.1. The zero-order valence-corrected chi connectivity index (χ0v) is 12.4. The zero-order chi connectivity index (χ0) is 15.1. The molecule has 0 aliphatic heterocycles. The van der Waals surface area contributed by atoms with Gasteiger partial charge in [0, 0.05) is 11.3 Å². The van der Waals surface area contributed by atoms with E-state index in [0.717, 1.165) is 23.3 Å². The fraction of sp³-hybridized carbons (Fsp3) is 0.294. The Balaban J connectivity index is 3.44. The topological polar surface area (TPSA) is 56.6 Å². The predicted octanol–water partition coefficient (Wildman–Crippen LogP) is 3.87. The standard InChI is InChI=1S/C17H20N2O/c1-5-7-14(9-8-12(3)6-2)16-10-15(11-18)17(20)19-13(16)4/h5,7-10H,6H2,1-4H3,(H,19,20)/b7-5-,12-8+,14-9+. The second-order valence-corrected chi connectivity index (χ2v) is 4.65. The number of nitrogens with one attached hydrogen (secondary N) is 1. The molecule has 1 aromatic rings. The van der Waals surface area contributed by atoms with Gasteiger partial charge in [0.15, 0.2) is 0 Å². The molecule has 20 heavy (non-hydrogen) atoms. The summed E-state index contributed by atoms with van der Waals surface area (Å²) in [5.74, 6) is 0. The highest BCUT2D eigenvalue weighted by molar-refractivity contribution is 5.77. The van der Waals surface area contributed by atoms with Crippen molar-refractivity contribution >= 4 is 5.57 Å². The van der Waals surface area contributed by atoms with Crippen LogP contribution in [0.5, 0.6) is 0 Å². The van der Waals surface area contributed by atoms with Crippen LogP contribution in [0, 0.1) is 18.3 Å². The molecule has 0 unspecified atom stereocenters. The first-order valence-electron chi connectivity index (χ1n) is 6.68. The van der Waals surface area contributed by atoms with Gasteiger partial charge in [0.2, 0.25) is 0 Å². The molecule has 1 aromatic heterocycles. The van der Waals surface area contributed by atoms with Crippen molar-refractivity contribution in [2.45, 2.75) is 34.1 Å². The van der Waals surface area contributed by atoms with Gasteiger partial charge in [-0.15, -0.1) is 0 Å². The molecule has 0 spiro atoms. The van der Waals surface area contributed by atoms with Crippen molar-refractivity contribution in [2.75, 3.05) is 0 Å². The quantitative estimate of drug-likeness (QED) is 0.843. The molecule has 0 saturated heterocycles. The van der Waals surface area contributed by atoms with Gasteiger partial charge in [-0.25, -0.2) is 0 Å². The fourth-order valence-corrected chi connectivity index (χ4v) is 1.77. The third kappa shape index (κ3) is 3.83. The Morgan fingerprint density at radius 3 is 2.70 bits per heavy atom. The van der Waals surface area contributed by atoms with Gasteiger partial charge in [-0.2, -0.15) is 5.26 Å². The lowest BCUT2D eigenvalue weighted by molar-refractivity contribution is 1.10. The molecule has 0 radical (unpaired) electrons. The minimum Gasteiger partial charge on any atom is -0.325 e. The number of H-pyrrole nitrogens is 1. The second kappa shape index (κ2) is 7.30. The van der Waals surface area contributed by atoms with Crippen molar-refractivity contribution in [3.63, 3.8) is 0 Å². The van der Waals surface area contributed by atoms with Gasteiger partial charge in [0.25, 0.3) is 5.56 Å². The van der Waals surface area contributed by atoms with Crippen molar-refractivity contribution in [2.24, 2.45) is 0 Å². The monoisotopic (exact) mass is 268 g/mol. The van der Waals surface area contributed by atoms with Gasteiger partial charge in [-0.1, -0.05) is 36.8 Å². The summed E-state index contributed by atoms with van der Waals surface area (Å²) in [6, 6.07) is 3.57. The first kappa shape index (κ1) is 15.7. The Hall–Kier alpha value is -2.34. The summed E-state index contributed by atoms with van der Waals surface area (Å²) < 4.78 is 0. The second-order valence-electron chi connectivity index (χ2n) is 4.65. The molecular formula is C17H20N2O. The minimum atomic E-state index is -0.339. The summed E-state index contributed by atoms with van der Waals surface area (Å²) in [6.07, 6.45) is 8.99. The summed E-state index contributed by atoms with van der Waals surface area (Å²) in [5.41, 5.74) is 3.69.